The van der Waals surface area contributed by atoms with Crippen molar-refractivity contribution in [2.24, 2.45) is 0 Å². The summed E-state index contributed by atoms with van der Waals surface area (Å²) in [4.78, 5) is 28.6. The monoisotopic (exact) mass is 233 g/mol. The number of hydrogen-bond donors (Lipinski definition) is 2. The van der Waals surface area contributed by atoms with E-state index in [0.29, 0.717) is 12.1 Å². The average Bonchev–Trinajstić information content (AvgIpc) is 2.98. The Labute approximate surface area is 98.8 Å². The van der Waals surface area contributed by atoms with Crippen molar-refractivity contribution in [2.45, 2.75) is 25.9 Å². The number of aromatic nitrogens is 1. The molecule has 0 aromatic carbocycles. The molecule has 1 aromatic heterocycles. The van der Waals surface area contributed by atoms with Crippen molar-refractivity contribution in [3.8, 4) is 0 Å². The van der Waals surface area contributed by atoms with E-state index in [1.54, 1.807) is 11.1 Å². The second-order valence-electron chi connectivity index (χ2n) is 4.60. The van der Waals surface area contributed by atoms with Crippen LogP contribution < -0.4 is 10.9 Å². The van der Waals surface area contributed by atoms with Gasteiger partial charge in [0.2, 0.25) is 0 Å². The van der Waals surface area contributed by atoms with Crippen LogP contribution in [0.15, 0.2) is 11.0 Å². The summed E-state index contributed by atoms with van der Waals surface area (Å²) in [6.45, 7) is 2.89. The fraction of sp³-hybridized carbons (Fsp3) is 0.500. The lowest BCUT2D eigenvalue weighted by atomic mass is 10.1. The minimum absolute atomic E-state index is 0.107. The summed E-state index contributed by atoms with van der Waals surface area (Å²) in [5.74, 6) is -0.107. The van der Waals surface area contributed by atoms with E-state index in [0.717, 1.165) is 43.6 Å². The molecule has 1 aromatic rings. The predicted octanol–water partition coefficient (Wildman–Crippen LogP) is 0.214. The molecule has 5 heteroatoms. The standard InChI is InChI=1S/C12H15N3O2/c16-11-10(12(17)15-3-1-2-4-15)9-7-13-5-8(9)6-14-11/h6,13H,1-5,7H2,(H,14,16). The number of pyridine rings is 1. The van der Waals surface area contributed by atoms with Crippen molar-refractivity contribution in [1.29, 1.82) is 0 Å². The molecule has 90 valence electrons. The van der Waals surface area contributed by atoms with Crippen LogP contribution in [0.1, 0.15) is 34.3 Å². The molecule has 1 amide bonds. The van der Waals surface area contributed by atoms with Crippen molar-refractivity contribution < 1.29 is 4.79 Å². The highest BCUT2D eigenvalue weighted by molar-refractivity contribution is 5.95. The van der Waals surface area contributed by atoms with E-state index in [-0.39, 0.29) is 11.5 Å². The molecule has 1 saturated heterocycles. The van der Waals surface area contributed by atoms with Crippen LogP contribution in [0.5, 0.6) is 0 Å². The van der Waals surface area contributed by atoms with Gasteiger partial charge in [0.1, 0.15) is 5.56 Å². The van der Waals surface area contributed by atoms with E-state index in [9.17, 15) is 9.59 Å². The Bertz CT molecular complexity index is 515. The lowest BCUT2D eigenvalue weighted by molar-refractivity contribution is 0.0790. The van der Waals surface area contributed by atoms with Gasteiger partial charge >= 0.3 is 0 Å². The summed E-state index contributed by atoms with van der Waals surface area (Å²) in [5, 5.41) is 3.17. The third kappa shape index (κ3) is 1.67. The Morgan fingerprint density at radius 1 is 1.24 bits per heavy atom. The molecule has 1 fully saturated rings. The fourth-order valence-corrected chi connectivity index (χ4v) is 2.60. The maximum Gasteiger partial charge on any atom is 0.261 e. The van der Waals surface area contributed by atoms with E-state index < -0.39 is 0 Å². The van der Waals surface area contributed by atoms with Gasteiger partial charge in [-0.2, -0.15) is 0 Å². The van der Waals surface area contributed by atoms with Crippen LogP contribution in [0.4, 0.5) is 0 Å². The Balaban J connectivity index is 2.05. The zero-order chi connectivity index (χ0) is 11.8. The Morgan fingerprint density at radius 3 is 2.76 bits per heavy atom. The molecule has 0 saturated carbocycles. The number of fused-ring (bicyclic) bond motifs is 1. The summed E-state index contributed by atoms with van der Waals surface area (Å²) in [7, 11) is 0. The Hall–Kier alpha value is -1.62. The number of carbonyl (C=O) groups excluding carboxylic acids is 1. The van der Waals surface area contributed by atoms with Crippen LogP contribution in [-0.4, -0.2) is 28.9 Å². The van der Waals surface area contributed by atoms with Gasteiger partial charge in [0.05, 0.1) is 0 Å². The molecule has 2 N–H and O–H groups in total. The van der Waals surface area contributed by atoms with Gasteiger partial charge < -0.3 is 15.2 Å². The van der Waals surface area contributed by atoms with E-state index in [1.807, 2.05) is 0 Å². The first-order chi connectivity index (χ1) is 8.27. The topological polar surface area (TPSA) is 65.2 Å². The number of nitrogens with zero attached hydrogens (tertiary/aromatic N) is 1. The fourth-order valence-electron chi connectivity index (χ4n) is 2.60. The van der Waals surface area contributed by atoms with E-state index in [1.165, 1.54) is 0 Å². The number of H-pyrrole nitrogens is 1. The summed E-state index contributed by atoms with van der Waals surface area (Å²) >= 11 is 0. The van der Waals surface area contributed by atoms with Crippen LogP contribution in [0.25, 0.3) is 0 Å². The lowest BCUT2D eigenvalue weighted by Gasteiger charge is -2.16. The molecule has 0 unspecified atom stereocenters. The van der Waals surface area contributed by atoms with Gasteiger partial charge in [-0.25, -0.2) is 0 Å². The molecule has 0 spiro atoms. The van der Waals surface area contributed by atoms with Gasteiger partial charge in [0.15, 0.2) is 0 Å². The second-order valence-corrected chi connectivity index (χ2v) is 4.60. The normalized spacial score (nSPS) is 18.5. The maximum atomic E-state index is 12.3. The molecule has 3 rings (SSSR count). The number of hydrogen-bond acceptors (Lipinski definition) is 3. The molecule has 0 radical (unpaired) electrons. The average molecular weight is 233 g/mol. The molecule has 5 nitrogen and oxygen atoms in total. The van der Waals surface area contributed by atoms with Crippen LogP contribution >= 0.6 is 0 Å². The zero-order valence-corrected chi connectivity index (χ0v) is 9.58. The largest absolute Gasteiger partial charge is 0.338 e. The van der Waals surface area contributed by atoms with Gasteiger partial charge in [0, 0.05) is 32.4 Å². The number of rotatable bonds is 1. The van der Waals surface area contributed by atoms with Crippen molar-refractivity contribution in [3.05, 3.63) is 33.2 Å². The third-order valence-electron chi connectivity index (χ3n) is 3.52. The molecule has 0 aliphatic carbocycles. The number of carbonyl (C=O) groups is 1. The molecule has 2 aliphatic heterocycles. The van der Waals surface area contributed by atoms with Crippen LogP contribution in [-0.2, 0) is 13.1 Å². The van der Waals surface area contributed by atoms with Crippen LogP contribution in [0.2, 0.25) is 0 Å². The van der Waals surface area contributed by atoms with Crippen LogP contribution in [0.3, 0.4) is 0 Å². The lowest BCUT2D eigenvalue weighted by Crippen LogP contribution is -2.33. The first kappa shape index (κ1) is 10.5. The molecule has 0 atom stereocenters. The smallest absolute Gasteiger partial charge is 0.261 e. The summed E-state index contributed by atoms with van der Waals surface area (Å²) in [6.07, 6.45) is 3.78. The molecule has 2 aliphatic rings. The SMILES string of the molecule is O=C(c1c2c(c[nH]c1=O)CNC2)N1CCCC1. The minimum atomic E-state index is -0.260. The van der Waals surface area contributed by atoms with Crippen LogP contribution in [0, 0.1) is 0 Å². The summed E-state index contributed by atoms with van der Waals surface area (Å²) < 4.78 is 0. The van der Waals surface area contributed by atoms with Crippen molar-refractivity contribution in [2.75, 3.05) is 13.1 Å². The van der Waals surface area contributed by atoms with E-state index >= 15 is 0 Å². The molecule has 0 bridgehead atoms. The van der Waals surface area contributed by atoms with E-state index in [2.05, 4.69) is 10.3 Å². The van der Waals surface area contributed by atoms with Gasteiger partial charge in [-0.15, -0.1) is 0 Å². The molecule has 3 heterocycles. The van der Waals surface area contributed by atoms with Gasteiger partial charge in [-0.05, 0) is 24.0 Å². The number of nitrogens with one attached hydrogen (secondary N) is 2. The van der Waals surface area contributed by atoms with Gasteiger partial charge in [0.25, 0.3) is 11.5 Å². The summed E-state index contributed by atoms with van der Waals surface area (Å²) in [5.41, 5.74) is 2.00. The van der Waals surface area contributed by atoms with Crippen molar-refractivity contribution >= 4 is 5.91 Å². The molecule has 17 heavy (non-hydrogen) atoms. The van der Waals surface area contributed by atoms with Crippen molar-refractivity contribution in [1.82, 2.24) is 15.2 Å². The quantitative estimate of drug-likeness (QED) is 0.729. The first-order valence-corrected chi connectivity index (χ1v) is 6.01. The summed E-state index contributed by atoms with van der Waals surface area (Å²) in [6, 6.07) is 0. The van der Waals surface area contributed by atoms with Gasteiger partial charge in [-0.1, -0.05) is 0 Å². The van der Waals surface area contributed by atoms with E-state index in [4.69, 9.17) is 0 Å². The highest BCUT2D eigenvalue weighted by atomic mass is 16.2. The number of amides is 1. The minimum Gasteiger partial charge on any atom is -0.338 e. The predicted molar refractivity (Wildman–Crippen MR) is 62.7 cm³/mol. The molecular weight excluding hydrogens is 218 g/mol. The Kier molecular flexibility index (Phi) is 2.48. The Morgan fingerprint density at radius 2 is 2.00 bits per heavy atom. The first-order valence-electron chi connectivity index (χ1n) is 6.01. The number of likely N-dealkylation sites (tertiary alicyclic amines) is 1. The highest BCUT2D eigenvalue weighted by Gasteiger charge is 2.27. The van der Waals surface area contributed by atoms with Gasteiger partial charge in [-0.3, -0.25) is 9.59 Å². The highest BCUT2D eigenvalue weighted by Crippen LogP contribution is 2.19. The zero-order valence-electron chi connectivity index (χ0n) is 9.58. The maximum absolute atomic E-state index is 12.3. The van der Waals surface area contributed by atoms with Crippen molar-refractivity contribution in [3.63, 3.8) is 0 Å². The molecular formula is C12H15N3O2. The second kappa shape index (κ2) is 4.00. The third-order valence-corrected chi connectivity index (χ3v) is 3.52. The number of aromatic amines is 1.